The van der Waals surface area contributed by atoms with Gasteiger partial charge in [-0.15, -0.1) is 22.7 Å². The largest absolute Gasteiger partial charge is 0.477 e. The molecule has 4 nitrogen and oxygen atoms in total. The fourth-order valence-corrected chi connectivity index (χ4v) is 11.9. The van der Waals surface area contributed by atoms with Crippen LogP contribution in [-0.4, -0.2) is 15.6 Å². The number of hydrogen-bond donors (Lipinski definition) is 1. The van der Waals surface area contributed by atoms with E-state index in [0.717, 1.165) is 27.5 Å². The third-order valence-electron chi connectivity index (χ3n) is 13.4. The van der Waals surface area contributed by atoms with Crippen LogP contribution in [-0.2, 0) is 21.0 Å². The van der Waals surface area contributed by atoms with E-state index in [9.17, 15) is 15.2 Å². The van der Waals surface area contributed by atoms with Crippen molar-refractivity contribution in [2.24, 2.45) is 0 Å². The monoisotopic (exact) mass is 870 g/mol. The maximum Gasteiger partial charge on any atom is 0.346 e. The minimum absolute atomic E-state index is 0.0415. The molecule has 324 valence electrons. The van der Waals surface area contributed by atoms with Crippen molar-refractivity contribution in [1.82, 2.24) is 4.57 Å². The molecule has 8 rings (SSSR count). The van der Waals surface area contributed by atoms with Gasteiger partial charge in [0, 0.05) is 41.4 Å². The Hall–Kier alpha value is -5.22. The van der Waals surface area contributed by atoms with Crippen LogP contribution in [0.25, 0.3) is 64.9 Å². The molecule has 0 bridgehead atoms. The van der Waals surface area contributed by atoms with E-state index >= 15 is 0 Å². The lowest BCUT2D eigenvalue weighted by molar-refractivity contribution is -0.132. The van der Waals surface area contributed by atoms with Crippen LogP contribution in [0.15, 0.2) is 103 Å². The molecule has 0 saturated heterocycles. The number of carboxylic acid groups (broad SMARTS) is 1. The predicted octanol–water partition coefficient (Wildman–Crippen LogP) is 17.0. The lowest BCUT2D eigenvalue weighted by Gasteiger charge is -2.33. The molecule has 1 aliphatic carbocycles. The quantitative estimate of drug-likeness (QED) is 0.0634. The van der Waals surface area contributed by atoms with Gasteiger partial charge in [0.15, 0.2) is 0 Å². The summed E-state index contributed by atoms with van der Waals surface area (Å²) < 4.78 is 2.54. The van der Waals surface area contributed by atoms with Gasteiger partial charge in [-0.1, -0.05) is 137 Å². The number of carbonyl (C=O) groups is 1. The smallest absolute Gasteiger partial charge is 0.346 e. The SMILES string of the molecule is CCCCCCC1(CCCCCC)c2cc(-c3ccc(-c4ccc(/C=C(\C#N)C(=O)O)s4)s3)ccc2-c2ccc(-n3c4ccc(C(C)(C)C)cc4c4cc(C(C)(C)C)ccc43)cc21. The van der Waals surface area contributed by atoms with Gasteiger partial charge in [-0.2, -0.15) is 5.26 Å². The number of nitrogens with zero attached hydrogens (tertiary/aromatic N) is 2. The number of carboxylic acids is 1. The first-order valence-corrected chi connectivity index (χ1v) is 24.7. The highest BCUT2D eigenvalue weighted by atomic mass is 32.1. The average molecular weight is 871 g/mol. The van der Waals surface area contributed by atoms with E-state index < -0.39 is 5.97 Å². The summed E-state index contributed by atoms with van der Waals surface area (Å²) in [4.78, 5) is 15.7. The number of aliphatic carboxylic acids is 1. The number of hydrogen-bond acceptors (Lipinski definition) is 4. The number of unbranched alkanes of at least 4 members (excludes halogenated alkanes) is 6. The molecule has 0 spiro atoms. The molecular formula is C57H62N2O2S2. The van der Waals surface area contributed by atoms with Crippen molar-refractivity contribution in [2.75, 3.05) is 0 Å². The number of fused-ring (bicyclic) bond motifs is 6. The maximum absolute atomic E-state index is 11.5. The van der Waals surface area contributed by atoms with Gasteiger partial charge in [0.05, 0.1) is 11.0 Å². The average Bonchev–Trinajstić information content (AvgIpc) is 4.05. The van der Waals surface area contributed by atoms with Crippen LogP contribution < -0.4 is 0 Å². The van der Waals surface area contributed by atoms with Crippen LogP contribution in [0, 0.1) is 11.3 Å². The van der Waals surface area contributed by atoms with Crippen LogP contribution in [0.5, 0.6) is 0 Å². The summed E-state index contributed by atoms with van der Waals surface area (Å²) in [5.41, 5.74) is 13.1. The zero-order valence-electron chi connectivity index (χ0n) is 38.5. The zero-order chi connectivity index (χ0) is 44.7. The van der Waals surface area contributed by atoms with E-state index in [1.165, 1.54) is 140 Å². The third kappa shape index (κ3) is 8.60. The van der Waals surface area contributed by atoms with Gasteiger partial charge in [-0.05, 0) is 135 Å². The molecule has 1 aliphatic rings. The van der Waals surface area contributed by atoms with Crippen molar-refractivity contribution in [3.63, 3.8) is 0 Å². The van der Waals surface area contributed by atoms with Crippen LogP contribution >= 0.6 is 22.7 Å². The summed E-state index contributed by atoms with van der Waals surface area (Å²) in [6.45, 7) is 18.5. The Balaban J connectivity index is 1.27. The fourth-order valence-electron chi connectivity index (χ4n) is 9.85. The molecule has 0 fully saturated rings. The normalized spacial score (nSPS) is 13.7. The topological polar surface area (TPSA) is 66.0 Å². The summed E-state index contributed by atoms with van der Waals surface area (Å²) in [7, 11) is 0. The summed E-state index contributed by atoms with van der Waals surface area (Å²) in [6, 6.07) is 39.1. The minimum atomic E-state index is -1.20. The van der Waals surface area contributed by atoms with Gasteiger partial charge in [-0.25, -0.2) is 4.79 Å². The molecule has 3 heterocycles. The van der Waals surface area contributed by atoms with Crippen molar-refractivity contribution in [3.05, 3.63) is 130 Å². The minimum Gasteiger partial charge on any atom is -0.477 e. The lowest BCUT2D eigenvalue weighted by atomic mass is 9.70. The molecule has 0 amide bonds. The van der Waals surface area contributed by atoms with Gasteiger partial charge < -0.3 is 9.67 Å². The molecule has 3 aromatic heterocycles. The fraction of sp³-hybridized carbons (Fsp3) is 0.368. The van der Waals surface area contributed by atoms with Crippen molar-refractivity contribution >= 4 is 56.5 Å². The first-order valence-electron chi connectivity index (χ1n) is 23.1. The zero-order valence-corrected chi connectivity index (χ0v) is 40.1. The first kappa shape index (κ1) is 44.4. The van der Waals surface area contributed by atoms with E-state index in [4.69, 9.17) is 0 Å². The van der Waals surface area contributed by atoms with Crippen molar-refractivity contribution in [1.29, 1.82) is 5.26 Å². The number of thiophene rings is 2. The Labute approximate surface area is 382 Å². The molecule has 0 aliphatic heterocycles. The van der Waals surface area contributed by atoms with Crippen LogP contribution in [0.1, 0.15) is 147 Å². The van der Waals surface area contributed by atoms with Gasteiger partial charge in [0.25, 0.3) is 0 Å². The van der Waals surface area contributed by atoms with Crippen LogP contribution in [0.2, 0.25) is 0 Å². The van der Waals surface area contributed by atoms with E-state index in [0.29, 0.717) is 0 Å². The van der Waals surface area contributed by atoms with E-state index in [2.05, 4.69) is 145 Å². The van der Waals surface area contributed by atoms with Gasteiger partial charge in [0.2, 0.25) is 0 Å². The van der Waals surface area contributed by atoms with Crippen molar-refractivity contribution in [2.45, 2.75) is 136 Å². The Morgan fingerprint density at radius 1 is 0.651 bits per heavy atom. The molecule has 7 aromatic rings. The predicted molar refractivity (Wildman–Crippen MR) is 270 cm³/mol. The number of benzene rings is 4. The molecule has 0 atom stereocenters. The van der Waals surface area contributed by atoms with Gasteiger partial charge in [0.1, 0.15) is 11.6 Å². The van der Waals surface area contributed by atoms with Crippen LogP contribution in [0.3, 0.4) is 0 Å². The molecule has 4 aromatic carbocycles. The highest BCUT2D eigenvalue weighted by molar-refractivity contribution is 7.24. The van der Waals surface area contributed by atoms with Crippen LogP contribution in [0.4, 0.5) is 0 Å². The van der Waals surface area contributed by atoms with Crippen molar-refractivity contribution < 1.29 is 9.90 Å². The number of aromatic nitrogens is 1. The molecule has 0 unspecified atom stereocenters. The van der Waals surface area contributed by atoms with E-state index in [1.54, 1.807) is 17.4 Å². The highest BCUT2D eigenvalue weighted by Crippen LogP contribution is 2.56. The van der Waals surface area contributed by atoms with Gasteiger partial charge >= 0.3 is 5.97 Å². The molecule has 0 radical (unpaired) electrons. The molecule has 63 heavy (non-hydrogen) atoms. The lowest BCUT2D eigenvalue weighted by Crippen LogP contribution is -2.26. The summed E-state index contributed by atoms with van der Waals surface area (Å²) in [6.07, 6.45) is 13.5. The summed E-state index contributed by atoms with van der Waals surface area (Å²) >= 11 is 3.29. The summed E-state index contributed by atoms with van der Waals surface area (Å²) in [5, 5.41) is 21.4. The summed E-state index contributed by atoms with van der Waals surface area (Å²) in [5.74, 6) is -1.20. The number of rotatable bonds is 15. The first-order chi connectivity index (χ1) is 30.2. The van der Waals surface area contributed by atoms with Crippen molar-refractivity contribution in [3.8, 4) is 43.1 Å². The van der Waals surface area contributed by atoms with E-state index in [-0.39, 0.29) is 21.8 Å². The molecule has 6 heteroatoms. The molecular weight excluding hydrogens is 809 g/mol. The third-order valence-corrected chi connectivity index (χ3v) is 15.8. The Kier molecular flexibility index (Phi) is 12.5. The second kappa shape index (κ2) is 17.7. The van der Waals surface area contributed by atoms with E-state index in [1.807, 2.05) is 12.1 Å². The van der Waals surface area contributed by atoms with Gasteiger partial charge in [-0.3, -0.25) is 0 Å². The molecule has 0 saturated carbocycles. The Morgan fingerprint density at radius 3 is 1.75 bits per heavy atom. The second-order valence-electron chi connectivity index (χ2n) is 19.8. The maximum atomic E-state index is 11.5. The second-order valence-corrected chi connectivity index (χ2v) is 22.0. The Morgan fingerprint density at radius 2 is 1.19 bits per heavy atom. The standard InChI is InChI=1S/C57H62N2O2S2/c1-9-11-13-15-29-57(30-16-14-12-10-2)47-32-37(51-27-28-53(63-51)52-26-21-42(62-52)31-38(36-58)54(60)61)17-22-43(47)44-23-20-41(35-48(44)57)59-49-24-18-39(55(3,4)5)33-45(49)46-34-40(56(6,7)8)19-25-50(46)59/h17-28,31-35H,9-16,29-30H2,1-8H3,(H,60,61)/b38-31+. The molecule has 1 N–H and O–H groups in total. The highest BCUT2D eigenvalue weighted by Gasteiger charge is 2.43. The Bertz CT molecular complexity index is 2810. The number of nitriles is 1.